The molecule has 1 N–H and O–H groups in total. The molecule has 0 saturated carbocycles. The van der Waals surface area contributed by atoms with E-state index in [1.807, 2.05) is 0 Å². The number of anilines is 1. The van der Waals surface area contributed by atoms with E-state index in [0.29, 0.717) is 23.1 Å². The molecule has 5 rings (SSSR count). The minimum Gasteiger partial charge on any atom is -0.496 e. The van der Waals surface area contributed by atoms with Gasteiger partial charge in [0.25, 0.3) is 0 Å². The zero-order chi connectivity index (χ0) is 24.9. The standard InChI is InChI=1S/C26H30ClF2N5O/c1-14(2)34-12-16(13-34)25-31-24-17(26(32-25)33-9-8-30-15(3)11-33)10-18(27)21(23(24)29)22-19(28)6-5-7-20(22)35-4/h5-7,10,14-16,30H,8-9,11-13H2,1-4H3. The maximum absolute atomic E-state index is 16.3. The van der Waals surface area contributed by atoms with Crippen molar-refractivity contribution in [3.63, 3.8) is 0 Å². The van der Waals surface area contributed by atoms with Crippen LogP contribution < -0.4 is 15.0 Å². The summed E-state index contributed by atoms with van der Waals surface area (Å²) in [5.41, 5.74) is 0.103. The van der Waals surface area contributed by atoms with E-state index in [-0.39, 0.29) is 39.4 Å². The third-order valence-corrected chi connectivity index (χ3v) is 7.30. The SMILES string of the molecule is COc1cccc(F)c1-c1c(Cl)cc2c(N3CCNC(C)C3)nc(C3CN(C(C)C)C3)nc2c1F. The van der Waals surface area contributed by atoms with Crippen LogP contribution in [-0.4, -0.2) is 66.8 Å². The zero-order valence-corrected chi connectivity index (χ0v) is 21.2. The van der Waals surface area contributed by atoms with Crippen molar-refractivity contribution in [1.29, 1.82) is 0 Å². The Morgan fingerprint density at radius 1 is 1.14 bits per heavy atom. The van der Waals surface area contributed by atoms with Crippen LogP contribution in [0.4, 0.5) is 14.6 Å². The molecule has 2 fully saturated rings. The van der Waals surface area contributed by atoms with Crippen molar-refractivity contribution in [1.82, 2.24) is 20.2 Å². The number of benzene rings is 2. The van der Waals surface area contributed by atoms with E-state index < -0.39 is 11.6 Å². The molecule has 1 atom stereocenters. The Bertz CT molecular complexity index is 1260. The second-order valence-corrected chi connectivity index (χ2v) is 10.1. The summed E-state index contributed by atoms with van der Waals surface area (Å²) in [7, 11) is 1.42. The summed E-state index contributed by atoms with van der Waals surface area (Å²) in [6, 6.07) is 6.73. The number of rotatable bonds is 5. The van der Waals surface area contributed by atoms with E-state index in [9.17, 15) is 4.39 Å². The predicted octanol–water partition coefficient (Wildman–Crippen LogP) is 4.84. The van der Waals surface area contributed by atoms with Crippen LogP contribution in [0.2, 0.25) is 5.02 Å². The van der Waals surface area contributed by atoms with Crippen LogP contribution in [0, 0.1) is 11.6 Å². The van der Waals surface area contributed by atoms with Crippen LogP contribution in [0.25, 0.3) is 22.0 Å². The lowest BCUT2D eigenvalue weighted by molar-refractivity contribution is 0.106. The van der Waals surface area contributed by atoms with Crippen LogP contribution in [0.3, 0.4) is 0 Å². The highest BCUT2D eigenvalue weighted by Gasteiger charge is 2.34. The second-order valence-electron chi connectivity index (χ2n) is 9.71. The first-order valence-electron chi connectivity index (χ1n) is 12.0. The highest BCUT2D eigenvalue weighted by atomic mass is 35.5. The zero-order valence-electron chi connectivity index (χ0n) is 20.4. The van der Waals surface area contributed by atoms with Gasteiger partial charge in [-0.1, -0.05) is 17.7 Å². The van der Waals surface area contributed by atoms with E-state index in [1.54, 1.807) is 12.1 Å². The molecule has 0 aliphatic carbocycles. The van der Waals surface area contributed by atoms with Gasteiger partial charge in [-0.15, -0.1) is 0 Å². The highest BCUT2D eigenvalue weighted by molar-refractivity contribution is 6.34. The Labute approximate surface area is 209 Å². The molecule has 35 heavy (non-hydrogen) atoms. The molecular formula is C26H30ClF2N5O. The number of nitrogens with one attached hydrogen (secondary N) is 1. The Balaban J connectivity index is 1.71. The van der Waals surface area contributed by atoms with Gasteiger partial charge < -0.3 is 15.0 Å². The van der Waals surface area contributed by atoms with Crippen molar-refractivity contribution in [2.24, 2.45) is 0 Å². The fourth-order valence-corrected chi connectivity index (χ4v) is 5.28. The van der Waals surface area contributed by atoms with Crippen molar-refractivity contribution < 1.29 is 13.5 Å². The van der Waals surface area contributed by atoms with Gasteiger partial charge in [0.05, 0.1) is 17.7 Å². The maximum Gasteiger partial charge on any atom is 0.159 e. The molecule has 0 bridgehead atoms. The predicted molar refractivity (Wildman–Crippen MR) is 136 cm³/mol. The molecule has 9 heteroatoms. The lowest BCUT2D eigenvalue weighted by Gasteiger charge is -2.41. The molecule has 2 aliphatic rings. The Kier molecular flexibility index (Phi) is 6.55. The minimum atomic E-state index is -0.663. The Hall–Kier alpha value is -2.55. The average Bonchev–Trinajstić information content (AvgIpc) is 2.78. The lowest BCUT2D eigenvalue weighted by atomic mass is 9.96. The number of likely N-dealkylation sites (tertiary alicyclic amines) is 1. The molecule has 1 aromatic heterocycles. The highest BCUT2D eigenvalue weighted by Crippen LogP contribution is 2.43. The summed E-state index contributed by atoms with van der Waals surface area (Å²) in [5.74, 6) is 0.340. The lowest BCUT2D eigenvalue weighted by Crippen LogP contribution is -2.50. The van der Waals surface area contributed by atoms with E-state index in [0.717, 1.165) is 32.7 Å². The smallest absolute Gasteiger partial charge is 0.159 e. The molecule has 0 spiro atoms. The number of piperazine rings is 1. The summed E-state index contributed by atoms with van der Waals surface area (Å²) in [6.07, 6.45) is 0. The molecule has 6 nitrogen and oxygen atoms in total. The van der Waals surface area contributed by atoms with Gasteiger partial charge in [-0.2, -0.15) is 0 Å². The maximum atomic E-state index is 16.3. The van der Waals surface area contributed by atoms with Gasteiger partial charge in [0, 0.05) is 61.7 Å². The quantitative estimate of drug-likeness (QED) is 0.540. The van der Waals surface area contributed by atoms with Crippen molar-refractivity contribution in [3.8, 4) is 16.9 Å². The topological polar surface area (TPSA) is 53.5 Å². The van der Waals surface area contributed by atoms with Crippen LogP contribution >= 0.6 is 11.6 Å². The number of methoxy groups -OCH3 is 1. The number of hydrogen-bond donors (Lipinski definition) is 1. The van der Waals surface area contributed by atoms with Crippen molar-refractivity contribution in [3.05, 3.63) is 46.7 Å². The summed E-state index contributed by atoms with van der Waals surface area (Å²) in [4.78, 5) is 14.1. The fourth-order valence-electron chi connectivity index (χ4n) is 4.99. The van der Waals surface area contributed by atoms with Crippen molar-refractivity contribution in [2.75, 3.05) is 44.7 Å². The second kappa shape index (κ2) is 9.48. The number of aromatic nitrogens is 2. The molecular weight excluding hydrogens is 472 g/mol. The van der Waals surface area contributed by atoms with Crippen LogP contribution in [0.5, 0.6) is 5.75 Å². The van der Waals surface area contributed by atoms with Crippen molar-refractivity contribution >= 4 is 28.3 Å². The van der Waals surface area contributed by atoms with Gasteiger partial charge in [0.15, 0.2) is 5.82 Å². The summed E-state index contributed by atoms with van der Waals surface area (Å²) >= 11 is 6.62. The first kappa shape index (κ1) is 24.2. The summed E-state index contributed by atoms with van der Waals surface area (Å²) < 4.78 is 36.5. The van der Waals surface area contributed by atoms with Gasteiger partial charge >= 0.3 is 0 Å². The van der Waals surface area contributed by atoms with E-state index in [2.05, 4.69) is 35.9 Å². The van der Waals surface area contributed by atoms with E-state index >= 15 is 4.39 Å². The Morgan fingerprint density at radius 3 is 2.60 bits per heavy atom. The van der Waals surface area contributed by atoms with Crippen LogP contribution in [0.15, 0.2) is 24.3 Å². The summed E-state index contributed by atoms with van der Waals surface area (Å²) in [6.45, 7) is 10.3. The van der Waals surface area contributed by atoms with Gasteiger partial charge in [-0.05, 0) is 39.0 Å². The van der Waals surface area contributed by atoms with Crippen molar-refractivity contribution in [2.45, 2.75) is 38.8 Å². The Morgan fingerprint density at radius 2 is 1.91 bits per heavy atom. The number of fused-ring (bicyclic) bond motifs is 1. The molecule has 3 heterocycles. The number of hydrogen-bond acceptors (Lipinski definition) is 6. The number of halogens is 3. The molecule has 0 amide bonds. The molecule has 2 aromatic carbocycles. The summed E-state index contributed by atoms with van der Waals surface area (Å²) in [5, 5.41) is 4.06. The van der Waals surface area contributed by atoms with E-state index in [1.165, 1.54) is 19.2 Å². The van der Waals surface area contributed by atoms with Gasteiger partial charge in [-0.25, -0.2) is 18.7 Å². The third-order valence-electron chi connectivity index (χ3n) is 7.00. The normalized spacial score (nSPS) is 19.4. The molecule has 2 saturated heterocycles. The first-order valence-corrected chi connectivity index (χ1v) is 12.4. The minimum absolute atomic E-state index is 0.00784. The third kappa shape index (κ3) is 4.32. The molecule has 186 valence electrons. The van der Waals surface area contributed by atoms with Crippen LogP contribution in [-0.2, 0) is 0 Å². The molecule has 0 radical (unpaired) electrons. The number of ether oxygens (including phenoxy) is 1. The largest absolute Gasteiger partial charge is 0.496 e. The van der Waals surface area contributed by atoms with Gasteiger partial charge in [-0.3, -0.25) is 4.90 Å². The number of nitrogens with zero attached hydrogens (tertiary/aromatic N) is 4. The molecule has 2 aliphatic heterocycles. The first-order chi connectivity index (χ1) is 16.8. The average molecular weight is 502 g/mol. The van der Waals surface area contributed by atoms with E-state index in [4.69, 9.17) is 26.3 Å². The molecule has 3 aromatic rings. The van der Waals surface area contributed by atoms with Gasteiger partial charge in [0.2, 0.25) is 0 Å². The molecule has 1 unspecified atom stereocenters. The fraction of sp³-hybridized carbons (Fsp3) is 0.462. The monoisotopic (exact) mass is 501 g/mol. The van der Waals surface area contributed by atoms with Crippen LogP contribution in [0.1, 0.15) is 32.5 Å². The van der Waals surface area contributed by atoms with Gasteiger partial charge in [0.1, 0.15) is 28.7 Å².